The summed E-state index contributed by atoms with van der Waals surface area (Å²) in [5.41, 5.74) is 3.97. The molecule has 0 saturated carbocycles. The second kappa shape index (κ2) is 6.44. The Morgan fingerprint density at radius 1 is 1.13 bits per heavy atom. The lowest BCUT2D eigenvalue weighted by Gasteiger charge is -2.16. The third kappa shape index (κ3) is 2.80. The van der Waals surface area contributed by atoms with Gasteiger partial charge in [0.15, 0.2) is 0 Å². The van der Waals surface area contributed by atoms with Gasteiger partial charge < -0.3 is 10.1 Å². The molecule has 1 N–H and O–H groups in total. The van der Waals surface area contributed by atoms with Gasteiger partial charge >= 0.3 is 0 Å². The number of nitrogens with one attached hydrogen (secondary N) is 1. The molecule has 3 aromatic rings. The van der Waals surface area contributed by atoms with Crippen LogP contribution in [0.15, 0.2) is 48.5 Å². The topological polar surface area (TPSA) is 21.3 Å². The van der Waals surface area contributed by atoms with Crippen LogP contribution in [0, 0.1) is 0 Å². The van der Waals surface area contributed by atoms with Gasteiger partial charge in [-0.1, -0.05) is 36.4 Å². The molecule has 0 saturated heterocycles. The Hall–Kier alpha value is -1.68. The van der Waals surface area contributed by atoms with Gasteiger partial charge in [-0.2, -0.15) is 0 Å². The highest BCUT2D eigenvalue weighted by atomic mass is 32.1. The van der Waals surface area contributed by atoms with Gasteiger partial charge in [-0.3, -0.25) is 0 Å². The Balaban J connectivity index is 1.87. The molecule has 1 aliphatic rings. The van der Waals surface area contributed by atoms with Gasteiger partial charge in [-0.15, -0.1) is 11.3 Å². The zero-order chi connectivity index (χ0) is 15.6. The zero-order valence-corrected chi connectivity index (χ0v) is 14.2. The fraction of sp³-hybridized carbons (Fsp3) is 0.300. The number of aryl methyl sites for hydroxylation is 1. The fourth-order valence-corrected chi connectivity index (χ4v) is 4.68. The molecule has 4 rings (SSSR count). The summed E-state index contributed by atoms with van der Waals surface area (Å²) in [7, 11) is 2.00. The van der Waals surface area contributed by atoms with Crippen molar-refractivity contribution in [2.24, 2.45) is 0 Å². The van der Waals surface area contributed by atoms with E-state index in [1.165, 1.54) is 31.7 Å². The van der Waals surface area contributed by atoms with Crippen molar-refractivity contribution in [2.75, 3.05) is 20.2 Å². The molecule has 0 bridgehead atoms. The summed E-state index contributed by atoms with van der Waals surface area (Å²) in [5, 5.41) is 4.66. The predicted octanol–water partition coefficient (Wildman–Crippen LogP) is 4.79. The maximum absolute atomic E-state index is 6.13. The Kier molecular flexibility index (Phi) is 4.17. The Labute approximate surface area is 141 Å². The van der Waals surface area contributed by atoms with Crippen LogP contribution in [0.1, 0.15) is 23.0 Å². The van der Waals surface area contributed by atoms with Crippen LogP contribution >= 0.6 is 11.3 Å². The molecular weight excluding hydrogens is 302 g/mol. The van der Waals surface area contributed by atoms with Crippen molar-refractivity contribution in [3.05, 3.63) is 59.0 Å². The van der Waals surface area contributed by atoms with Gasteiger partial charge in [0.05, 0.1) is 6.10 Å². The quantitative estimate of drug-likeness (QED) is 0.748. The molecule has 0 amide bonds. The first kappa shape index (κ1) is 14.9. The second-order valence-corrected chi connectivity index (χ2v) is 7.17. The Morgan fingerprint density at radius 3 is 2.83 bits per heavy atom. The molecule has 3 heteroatoms. The molecular formula is C20H21NOS. The lowest BCUT2D eigenvalue weighted by molar-refractivity contribution is 0.0588. The molecule has 2 heterocycles. The molecule has 0 radical (unpaired) electrons. The third-order valence-electron chi connectivity index (χ3n) is 4.49. The number of ether oxygens (including phenoxy) is 1. The van der Waals surface area contributed by atoms with Crippen molar-refractivity contribution < 1.29 is 4.74 Å². The van der Waals surface area contributed by atoms with Gasteiger partial charge in [0.2, 0.25) is 0 Å². The maximum atomic E-state index is 6.13. The summed E-state index contributed by atoms with van der Waals surface area (Å²) in [4.78, 5) is 1.50. The van der Waals surface area contributed by atoms with Crippen LogP contribution < -0.4 is 5.32 Å². The highest BCUT2D eigenvalue weighted by molar-refractivity contribution is 7.19. The van der Waals surface area contributed by atoms with Gasteiger partial charge in [0.25, 0.3) is 0 Å². The number of rotatable bonds is 3. The number of hydrogen-bond acceptors (Lipinski definition) is 3. The lowest BCUT2D eigenvalue weighted by atomic mass is 9.99. The number of thiophene rings is 1. The number of fused-ring (bicyclic) bond motifs is 3. The highest BCUT2D eigenvalue weighted by Gasteiger charge is 2.24. The average molecular weight is 323 g/mol. The van der Waals surface area contributed by atoms with Gasteiger partial charge in [-0.05, 0) is 48.5 Å². The Morgan fingerprint density at radius 2 is 2.00 bits per heavy atom. The van der Waals surface area contributed by atoms with Crippen LogP contribution in [-0.2, 0) is 11.2 Å². The predicted molar refractivity (Wildman–Crippen MR) is 98.2 cm³/mol. The van der Waals surface area contributed by atoms with Crippen molar-refractivity contribution in [3.8, 4) is 11.1 Å². The van der Waals surface area contributed by atoms with E-state index in [0.717, 1.165) is 26.0 Å². The summed E-state index contributed by atoms with van der Waals surface area (Å²) in [5.74, 6) is 0. The molecule has 0 spiro atoms. The first-order valence-corrected chi connectivity index (χ1v) is 9.05. The van der Waals surface area contributed by atoms with E-state index in [2.05, 4.69) is 53.8 Å². The van der Waals surface area contributed by atoms with Crippen LogP contribution in [0.25, 0.3) is 21.2 Å². The average Bonchev–Trinajstić information content (AvgIpc) is 2.84. The van der Waals surface area contributed by atoms with Crippen LogP contribution in [0.2, 0.25) is 0 Å². The minimum absolute atomic E-state index is 0.164. The first-order valence-electron chi connectivity index (χ1n) is 8.24. The molecule has 1 atom stereocenters. The van der Waals surface area contributed by atoms with E-state index in [1.807, 2.05) is 18.4 Å². The SMILES string of the molecule is CNCC1OCCCc2sc3ccc(-c4ccccc4)cc3c21. The van der Waals surface area contributed by atoms with Crippen LogP contribution in [0.5, 0.6) is 0 Å². The minimum Gasteiger partial charge on any atom is -0.372 e. The summed E-state index contributed by atoms with van der Waals surface area (Å²) in [6, 6.07) is 17.5. The van der Waals surface area contributed by atoms with Crippen molar-refractivity contribution in [3.63, 3.8) is 0 Å². The normalized spacial score (nSPS) is 17.9. The second-order valence-electron chi connectivity index (χ2n) is 6.04. The van der Waals surface area contributed by atoms with E-state index in [0.29, 0.717) is 0 Å². The fourth-order valence-electron chi connectivity index (χ4n) is 3.40. The summed E-state index contributed by atoms with van der Waals surface area (Å²) in [6.07, 6.45) is 2.42. The summed E-state index contributed by atoms with van der Waals surface area (Å²) < 4.78 is 7.50. The van der Waals surface area contributed by atoms with E-state index in [9.17, 15) is 0 Å². The first-order chi connectivity index (χ1) is 11.4. The largest absolute Gasteiger partial charge is 0.372 e. The van der Waals surface area contributed by atoms with E-state index in [4.69, 9.17) is 4.74 Å². The zero-order valence-electron chi connectivity index (χ0n) is 13.3. The molecule has 23 heavy (non-hydrogen) atoms. The van der Waals surface area contributed by atoms with Crippen LogP contribution in [0.4, 0.5) is 0 Å². The molecule has 2 aromatic carbocycles. The van der Waals surface area contributed by atoms with Crippen LogP contribution in [-0.4, -0.2) is 20.2 Å². The smallest absolute Gasteiger partial charge is 0.0965 e. The number of benzene rings is 2. The van der Waals surface area contributed by atoms with Gasteiger partial charge in [0.1, 0.15) is 0 Å². The minimum atomic E-state index is 0.164. The van der Waals surface area contributed by atoms with Crippen molar-refractivity contribution in [1.82, 2.24) is 5.32 Å². The van der Waals surface area contributed by atoms with Crippen molar-refractivity contribution >= 4 is 21.4 Å². The molecule has 118 valence electrons. The number of likely N-dealkylation sites (N-methyl/N-ethyl adjacent to an activating group) is 1. The van der Waals surface area contributed by atoms with Crippen molar-refractivity contribution in [2.45, 2.75) is 18.9 Å². The standard InChI is InChI=1S/C20H21NOS/c1-21-13-17-20-16-12-15(14-6-3-2-4-7-14)9-10-18(16)23-19(20)8-5-11-22-17/h2-4,6-7,9-10,12,17,21H,5,8,11,13H2,1H3. The molecule has 2 nitrogen and oxygen atoms in total. The van der Waals surface area contributed by atoms with Crippen molar-refractivity contribution in [1.29, 1.82) is 0 Å². The Bertz CT molecular complexity index is 809. The maximum Gasteiger partial charge on any atom is 0.0965 e. The lowest BCUT2D eigenvalue weighted by Crippen LogP contribution is -2.19. The summed E-state index contributed by atoms with van der Waals surface area (Å²) >= 11 is 1.94. The molecule has 0 fully saturated rings. The highest BCUT2D eigenvalue weighted by Crippen LogP contribution is 2.40. The third-order valence-corrected chi connectivity index (χ3v) is 5.74. The molecule has 1 aliphatic heterocycles. The number of hydrogen-bond donors (Lipinski definition) is 1. The van der Waals surface area contributed by atoms with E-state index in [1.54, 1.807) is 0 Å². The van der Waals surface area contributed by atoms with E-state index >= 15 is 0 Å². The molecule has 1 aromatic heterocycles. The molecule has 1 unspecified atom stereocenters. The monoisotopic (exact) mass is 323 g/mol. The molecule has 0 aliphatic carbocycles. The van der Waals surface area contributed by atoms with Crippen LogP contribution in [0.3, 0.4) is 0 Å². The van der Waals surface area contributed by atoms with Gasteiger partial charge in [0, 0.05) is 28.3 Å². The van der Waals surface area contributed by atoms with E-state index < -0.39 is 0 Å². The van der Waals surface area contributed by atoms with Gasteiger partial charge in [-0.25, -0.2) is 0 Å². The summed E-state index contributed by atoms with van der Waals surface area (Å²) in [6.45, 7) is 1.72. The van der Waals surface area contributed by atoms with E-state index in [-0.39, 0.29) is 6.10 Å².